The molecule has 0 saturated heterocycles. The van der Waals surface area contributed by atoms with E-state index in [1.807, 2.05) is 0 Å². The maximum atomic E-state index is 13.8. The number of hydrogen-bond donors (Lipinski definition) is 1. The molecular formula is C15H20F2N2O2. The molecule has 116 valence electrons. The van der Waals surface area contributed by atoms with Crippen LogP contribution < -0.4 is 5.32 Å². The minimum Gasteiger partial charge on any atom is -0.374 e. The Labute approximate surface area is 122 Å². The number of halogens is 2. The summed E-state index contributed by atoms with van der Waals surface area (Å²) in [5.41, 5.74) is -0.733. The first kappa shape index (κ1) is 15.7. The monoisotopic (exact) mass is 298 g/mol. The molecule has 2 rings (SSSR count). The van der Waals surface area contributed by atoms with Gasteiger partial charge in [-0.25, -0.2) is 8.78 Å². The SMILES string of the molecule is CCCC1CCC(Nc2c([N+](=O)[O-])ccc(F)c2F)CC1. The quantitative estimate of drug-likeness (QED) is 0.636. The highest BCUT2D eigenvalue weighted by atomic mass is 19.2. The smallest absolute Gasteiger partial charge is 0.295 e. The first-order valence-corrected chi connectivity index (χ1v) is 7.41. The van der Waals surface area contributed by atoms with Crippen molar-refractivity contribution in [1.82, 2.24) is 0 Å². The normalized spacial score (nSPS) is 22.0. The fraction of sp³-hybridized carbons (Fsp3) is 0.600. The molecule has 0 heterocycles. The highest BCUT2D eigenvalue weighted by molar-refractivity contribution is 5.63. The third-order valence-corrected chi connectivity index (χ3v) is 4.16. The third kappa shape index (κ3) is 3.68. The van der Waals surface area contributed by atoms with Gasteiger partial charge in [0.1, 0.15) is 0 Å². The van der Waals surface area contributed by atoms with Gasteiger partial charge in [-0.3, -0.25) is 10.1 Å². The Hall–Kier alpha value is -1.72. The maximum absolute atomic E-state index is 13.8. The second-order valence-corrected chi connectivity index (χ2v) is 5.66. The molecular weight excluding hydrogens is 278 g/mol. The Morgan fingerprint density at radius 3 is 2.52 bits per heavy atom. The fourth-order valence-corrected chi connectivity index (χ4v) is 3.04. The standard InChI is InChI=1S/C15H20F2N2O2/c1-2-3-10-4-6-11(7-5-10)18-15-13(19(20)21)9-8-12(16)14(15)17/h8-11,18H,2-7H2,1H3. The zero-order chi connectivity index (χ0) is 15.4. The van der Waals surface area contributed by atoms with Gasteiger partial charge in [-0.15, -0.1) is 0 Å². The molecule has 1 fully saturated rings. The second-order valence-electron chi connectivity index (χ2n) is 5.66. The van der Waals surface area contributed by atoms with Crippen molar-refractivity contribution in [3.63, 3.8) is 0 Å². The highest BCUT2D eigenvalue weighted by Gasteiger charge is 2.26. The fourth-order valence-electron chi connectivity index (χ4n) is 3.04. The van der Waals surface area contributed by atoms with Crippen LogP contribution >= 0.6 is 0 Å². The van der Waals surface area contributed by atoms with Crippen LogP contribution in [0.1, 0.15) is 45.4 Å². The van der Waals surface area contributed by atoms with Crippen molar-refractivity contribution in [3.05, 3.63) is 33.9 Å². The Bertz CT molecular complexity index is 515. The molecule has 1 aromatic rings. The van der Waals surface area contributed by atoms with E-state index in [4.69, 9.17) is 0 Å². The zero-order valence-corrected chi connectivity index (χ0v) is 12.1. The summed E-state index contributed by atoms with van der Waals surface area (Å²) in [5, 5.41) is 13.8. The molecule has 4 nitrogen and oxygen atoms in total. The lowest BCUT2D eigenvalue weighted by molar-refractivity contribution is -0.384. The predicted octanol–water partition coefficient (Wildman–Crippen LogP) is 4.64. The second kappa shape index (κ2) is 6.83. The molecule has 6 heteroatoms. The van der Waals surface area contributed by atoms with Crippen molar-refractivity contribution in [1.29, 1.82) is 0 Å². The van der Waals surface area contributed by atoms with Gasteiger partial charge < -0.3 is 5.32 Å². The van der Waals surface area contributed by atoms with Crippen molar-refractivity contribution in [2.75, 3.05) is 5.32 Å². The van der Waals surface area contributed by atoms with Gasteiger partial charge in [0.15, 0.2) is 17.3 Å². The summed E-state index contributed by atoms with van der Waals surface area (Å²) in [6.45, 7) is 2.15. The summed E-state index contributed by atoms with van der Waals surface area (Å²) < 4.78 is 27.1. The Morgan fingerprint density at radius 2 is 1.95 bits per heavy atom. The number of nitro groups is 1. The van der Waals surface area contributed by atoms with Gasteiger partial charge in [-0.1, -0.05) is 19.8 Å². The summed E-state index contributed by atoms with van der Waals surface area (Å²) in [7, 11) is 0. The first-order chi connectivity index (χ1) is 10.0. The minimum absolute atomic E-state index is 0.0342. The number of anilines is 1. The lowest BCUT2D eigenvalue weighted by Gasteiger charge is -2.29. The maximum Gasteiger partial charge on any atom is 0.295 e. The molecule has 0 bridgehead atoms. The topological polar surface area (TPSA) is 55.2 Å². The van der Waals surface area contributed by atoms with Gasteiger partial charge in [-0.05, 0) is 37.7 Å². The molecule has 1 N–H and O–H groups in total. The molecule has 0 atom stereocenters. The van der Waals surface area contributed by atoms with Crippen LogP contribution in [0.15, 0.2) is 12.1 Å². The van der Waals surface area contributed by atoms with E-state index in [1.54, 1.807) is 0 Å². The van der Waals surface area contributed by atoms with Gasteiger partial charge in [-0.2, -0.15) is 0 Å². The van der Waals surface area contributed by atoms with Crippen LogP contribution in [0, 0.1) is 27.7 Å². The van der Waals surface area contributed by atoms with Gasteiger partial charge in [0.05, 0.1) is 4.92 Å². The third-order valence-electron chi connectivity index (χ3n) is 4.16. The molecule has 1 aromatic carbocycles. The van der Waals surface area contributed by atoms with Crippen LogP contribution in [0.3, 0.4) is 0 Å². The Kier molecular flexibility index (Phi) is 5.09. The van der Waals surface area contributed by atoms with Crippen LogP contribution in [0.25, 0.3) is 0 Å². The van der Waals surface area contributed by atoms with Crippen molar-refractivity contribution < 1.29 is 13.7 Å². The number of nitrogens with one attached hydrogen (secondary N) is 1. The van der Waals surface area contributed by atoms with E-state index in [2.05, 4.69) is 12.2 Å². The lowest BCUT2D eigenvalue weighted by Crippen LogP contribution is -2.27. The van der Waals surface area contributed by atoms with E-state index >= 15 is 0 Å². The number of nitro benzene ring substituents is 1. The molecule has 0 aromatic heterocycles. The van der Waals surface area contributed by atoms with Crippen LogP contribution in [-0.2, 0) is 0 Å². The first-order valence-electron chi connectivity index (χ1n) is 7.41. The van der Waals surface area contributed by atoms with E-state index in [0.717, 1.165) is 44.2 Å². The molecule has 1 aliphatic rings. The summed E-state index contributed by atoms with van der Waals surface area (Å²) in [5.74, 6) is -1.55. The van der Waals surface area contributed by atoms with Crippen LogP contribution in [0.2, 0.25) is 0 Å². The molecule has 0 amide bonds. The van der Waals surface area contributed by atoms with E-state index in [9.17, 15) is 18.9 Å². The average molecular weight is 298 g/mol. The number of nitrogens with zero attached hydrogens (tertiary/aromatic N) is 1. The largest absolute Gasteiger partial charge is 0.374 e. The van der Waals surface area contributed by atoms with Gasteiger partial charge in [0, 0.05) is 12.1 Å². The van der Waals surface area contributed by atoms with Crippen LogP contribution in [-0.4, -0.2) is 11.0 Å². The van der Waals surface area contributed by atoms with E-state index in [-0.39, 0.29) is 11.7 Å². The highest BCUT2D eigenvalue weighted by Crippen LogP contribution is 2.34. The average Bonchev–Trinajstić information content (AvgIpc) is 2.46. The number of benzene rings is 1. The van der Waals surface area contributed by atoms with E-state index in [1.165, 1.54) is 6.42 Å². The van der Waals surface area contributed by atoms with E-state index < -0.39 is 22.2 Å². The van der Waals surface area contributed by atoms with Gasteiger partial charge in [0.2, 0.25) is 0 Å². The van der Waals surface area contributed by atoms with Crippen molar-refractivity contribution in [2.24, 2.45) is 5.92 Å². The van der Waals surface area contributed by atoms with Gasteiger partial charge >= 0.3 is 0 Å². The zero-order valence-electron chi connectivity index (χ0n) is 12.1. The van der Waals surface area contributed by atoms with Crippen LogP contribution in [0.4, 0.5) is 20.2 Å². The minimum atomic E-state index is -1.17. The van der Waals surface area contributed by atoms with Crippen molar-refractivity contribution in [3.8, 4) is 0 Å². The summed E-state index contributed by atoms with van der Waals surface area (Å²) in [4.78, 5) is 10.3. The van der Waals surface area contributed by atoms with Crippen molar-refractivity contribution >= 4 is 11.4 Å². The molecule has 0 radical (unpaired) electrons. The van der Waals surface area contributed by atoms with Crippen molar-refractivity contribution in [2.45, 2.75) is 51.5 Å². The molecule has 21 heavy (non-hydrogen) atoms. The molecule has 0 aliphatic heterocycles. The Balaban J connectivity index is 2.10. The summed E-state index contributed by atoms with van der Waals surface area (Å²) in [6.07, 6.45) is 6.04. The molecule has 0 spiro atoms. The molecule has 1 saturated carbocycles. The molecule has 0 unspecified atom stereocenters. The van der Waals surface area contributed by atoms with Gasteiger partial charge in [0.25, 0.3) is 5.69 Å². The predicted molar refractivity (Wildman–Crippen MR) is 77.3 cm³/mol. The summed E-state index contributed by atoms with van der Waals surface area (Å²) >= 11 is 0. The number of hydrogen-bond acceptors (Lipinski definition) is 3. The number of rotatable bonds is 5. The lowest BCUT2D eigenvalue weighted by atomic mass is 9.83. The summed E-state index contributed by atoms with van der Waals surface area (Å²) in [6, 6.07) is 1.76. The van der Waals surface area contributed by atoms with Crippen LogP contribution in [0.5, 0.6) is 0 Å². The van der Waals surface area contributed by atoms with E-state index in [0.29, 0.717) is 5.92 Å². The molecule has 1 aliphatic carbocycles. The Morgan fingerprint density at radius 1 is 1.29 bits per heavy atom.